The van der Waals surface area contributed by atoms with Gasteiger partial charge in [0, 0.05) is 0 Å². The number of benzene rings is 2. The Balaban J connectivity index is 0.00000180. The third-order valence-corrected chi connectivity index (χ3v) is 11.7. The average molecular weight is 399 g/mol. The van der Waals surface area contributed by atoms with E-state index in [9.17, 15) is 0 Å². The summed E-state index contributed by atoms with van der Waals surface area (Å²) in [5.41, 5.74) is 15.9. The van der Waals surface area contributed by atoms with Crippen LogP contribution in [0.4, 0.5) is 11.4 Å². The van der Waals surface area contributed by atoms with Gasteiger partial charge in [0.2, 0.25) is 0 Å². The molecule has 0 spiro atoms. The molecule has 0 heterocycles. The first-order chi connectivity index (χ1) is 8.56. The van der Waals surface area contributed by atoms with Crippen LogP contribution in [0.15, 0.2) is 36.4 Å². The van der Waals surface area contributed by atoms with Crippen LogP contribution in [0.5, 0.6) is 0 Å². The molecule has 0 aromatic heterocycles. The summed E-state index contributed by atoms with van der Waals surface area (Å²) in [6, 6.07) is 12.5. The fraction of sp³-hybridized carbons (Fsp3) is 0.143. The van der Waals surface area contributed by atoms with Crippen molar-refractivity contribution in [3.8, 4) is 0 Å². The maximum Gasteiger partial charge on any atom is -0.147 e. The van der Waals surface area contributed by atoms with Gasteiger partial charge in [0.05, 0.1) is 0 Å². The first-order valence-corrected chi connectivity index (χ1v) is 12.8. The van der Waals surface area contributed by atoms with Crippen molar-refractivity contribution in [1.29, 1.82) is 0 Å². The second kappa shape index (κ2) is 7.29. The van der Waals surface area contributed by atoms with Crippen LogP contribution in [0.1, 0.15) is 11.1 Å². The summed E-state index contributed by atoms with van der Waals surface area (Å²) in [4.78, 5) is 0. The number of hydrogen-bond acceptors (Lipinski definition) is 2. The second-order valence-electron chi connectivity index (χ2n) is 4.29. The van der Waals surface area contributed by atoms with E-state index >= 15 is 0 Å². The fourth-order valence-corrected chi connectivity index (χ4v) is 10.9. The van der Waals surface area contributed by atoms with Crippen LogP contribution in [0, 0.1) is 13.8 Å². The van der Waals surface area contributed by atoms with Gasteiger partial charge in [-0.05, 0) is 0 Å². The number of rotatable bonds is 2. The number of nitrogen functional groups attached to an aromatic ring is 2. The standard InChI is InChI=1S/C14H16As2N2.ClH/c1-9-7-11(17)3-5-13(9)15-16-14-6-4-12(18)8-10(14)2;/h3-8H,17-18H2,1-2H3;1H. The smallest absolute Gasteiger partial charge is 0.147 e. The molecule has 2 nitrogen and oxygen atoms in total. The molecule has 2 aromatic carbocycles. The summed E-state index contributed by atoms with van der Waals surface area (Å²) >= 11 is 0.478. The van der Waals surface area contributed by atoms with Crippen molar-refractivity contribution in [1.82, 2.24) is 0 Å². The molecule has 100 valence electrons. The largest absolute Gasteiger partial charge is 0.147 e. The van der Waals surface area contributed by atoms with E-state index in [1.54, 1.807) is 0 Å². The van der Waals surface area contributed by atoms with Crippen LogP contribution in [0.3, 0.4) is 0 Å². The van der Waals surface area contributed by atoms with E-state index in [0.717, 1.165) is 11.4 Å². The molecule has 0 unspecified atom stereocenters. The molecule has 0 saturated heterocycles. The zero-order valence-corrected chi connectivity index (χ0v) is 15.5. The Morgan fingerprint density at radius 1 is 0.737 bits per heavy atom. The average Bonchev–Trinajstić information content (AvgIpc) is 2.30. The number of halogens is 1. The number of anilines is 2. The SMILES string of the molecule is Cc1cc(N)ccc1[As]=[As]c1ccc(N)cc1C.Cl. The van der Waals surface area contributed by atoms with Crippen molar-refractivity contribution >= 4 is 58.8 Å². The van der Waals surface area contributed by atoms with Gasteiger partial charge in [-0.15, -0.1) is 12.4 Å². The minimum absolute atomic E-state index is 0. The quantitative estimate of drug-likeness (QED) is 0.589. The number of hydrogen-bond donors (Lipinski definition) is 2. The summed E-state index contributed by atoms with van der Waals surface area (Å²) in [6.45, 7) is 4.30. The van der Waals surface area contributed by atoms with Gasteiger partial charge in [0.25, 0.3) is 0 Å². The molecule has 2 aromatic rings. The summed E-state index contributed by atoms with van der Waals surface area (Å²) in [5, 5.41) is 0. The topological polar surface area (TPSA) is 52.0 Å². The molecule has 0 bridgehead atoms. The van der Waals surface area contributed by atoms with Gasteiger partial charge in [0.15, 0.2) is 0 Å². The predicted molar refractivity (Wildman–Crippen MR) is 89.2 cm³/mol. The molecule has 19 heavy (non-hydrogen) atoms. The van der Waals surface area contributed by atoms with Gasteiger partial charge in [-0.25, -0.2) is 0 Å². The van der Waals surface area contributed by atoms with Crippen LogP contribution in [-0.4, -0.2) is 26.3 Å². The van der Waals surface area contributed by atoms with Gasteiger partial charge < -0.3 is 0 Å². The summed E-state index contributed by atoms with van der Waals surface area (Å²) in [6.07, 6.45) is 0. The molecule has 0 aliphatic heterocycles. The van der Waals surface area contributed by atoms with Crippen molar-refractivity contribution in [2.24, 2.45) is 0 Å². The number of aryl methyl sites for hydroxylation is 2. The Morgan fingerprint density at radius 3 is 1.42 bits per heavy atom. The van der Waals surface area contributed by atoms with Crippen LogP contribution in [-0.2, 0) is 0 Å². The predicted octanol–water partition coefficient (Wildman–Crippen LogP) is 1.16. The van der Waals surface area contributed by atoms with E-state index in [4.69, 9.17) is 11.5 Å². The normalized spacial score (nSPS) is 10.4. The Labute approximate surface area is 131 Å². The van der Waals surface area contributed by atoms with Crippen LogP contribution >= 0.6 is 12.4 Å². The van der Waals surface area contributed by atoms with Gasteiger partial charge in [-0.3, -0.25) is 0 Å². The van der Waals surface area contributed by atoms with E-state index in [2.05, 4.69) is 38.1 Å². The molecule has 0 atom stereocenters. The zero-order valence-electron chi connectivity index (χ0n) is 10.9. The molecule has 0 saturated carbocycles. The summed E-state index contributed by atoms with van der Waals surface area (Å²) in [7, 11) is 0. The molecule has 2 rings (SSSR count). The maximum absolute atomic E-state index is 5.78. The maximum atomic E-state index is 5.78. The van der Waals surface area contributed by atoms with Gasteiger partial charge in [-0.2, -0.15) is 0 Å². The third-order valence-electron chi connectivity index (χ3n) is 2.71. The van der Waals surface area contributed by atoms with Crippen molar-refractivity contribution in [3.05, 3.63) is 47.5 Å². The summed E-state index contributed by atoms with van der Waals surface area (Å²) < 4.78 is 2.99. The van der Waals surface area contributed by atoms with Crippen molar-refractivity contribution in [2.75, 3.05) is 11.5 Å². The second-order valence-corrected chi connectivity index (χ2v) is 11.5. The number of nitrogens with two attached hydrogens (primary N) is 2. The van der Waals surface area contributed by atoms with E-state index in [0.29, 0.717) is 0 Å². The molecule has 4 N–H and O–H groups in total. The van der Waals surface area contributed by atoms with Crippen molar-refractivity contribution in [2.45, 2.75) is 13.8 Å². The Kier molecular flexibility index (Phi) is 6.33. The molecule has 0 radical (unpaired) electrons. The molecule has 0 aliphatic carbocycles. The first-order valence-electron chi connectivity index (χ1n) is 5.70. The zero-order chi connectivity index (χ0) is 13.1. The molecule has 0 amide bonds. The molecule has 0 aliphatic rings. The van der Waals surface area contributed by atoms with Gasteiger partial charge in [0.1, 0.15) is 0 Å². The Bertz CT molecular complexity index is 559. The van der Waals surface area contributed by atoms with Crippen LogP contribution in [0.25, 0.3) is 0 Å². The molecule has 0 fully saturated rings. The van der Waals surface area contributed by atoms with E-state index in [1.807, 2.05) is 12.1 Å². The Hall–Kier alpha value is -0.553. The van der Waals surface area contributed by atoms with E-state index < -0.39 is 0 Å². The van der Waals surface area contributed by atoms with Crippen LogP contribution < -0.4 is 20.2 Å². The van der Waals surface area contributed by atoms with Gasteiger partial charge >= 0.3 is 119 Å². The third kappa shape index (κ3) is 4.49. The molecular weight excluding hydrogens is 381 g/mol. The monoisotopic (exact) mass is 398 g/mol. The fourth-order valence-electron chi connectivity index (χ4n) is 1.69. The molecular formula is C14H17As2ClN2. The van der Waals surface area contributed by atoms with Crippen molar-refractivity contribution < 1.29 is 0 Å². The van der Waals surface area contributed by atoms with E-state index in [1.165, 1.54) is 19.8 Å². The minimum atomic E-state index is 0. The van der Waals surface area contributed by atoms with E-state index in [-0.39, 0.29) is 38.7 Å². The minimum Gasteiger partial charge on any atom is -0.147 e. The molecule has 5 heteroatoms. The Morgan fingerprint density at radius 2 is 1.11 bits per heavy atom. The van der Waals surface area contributed by atoms with Crippen LogP contribution in [0.2, 0.25) is 0 Å². The van der Waals surface area contributed by atoms with Crippen molar-refractivity contribution in [3.63, 3.8) is 0 Å². The summed E-state index contributed by atoms with van der Waals surface area (Å²) in [5.74, 6) is 0. The van der Waals surface area contributed by atoms with Gasteiger partial charge in [-0.1, -0.05) is 0 Å². The first kappa shape index (κ1) is 16.5.